The molecule has 1 saturated heterocycles. The van der Waals surface area contributed by atoms with E-state index in [0.717, 1.165) is 5.56 Å². The van der Waals surface area contributed by atoms with E-state index in [-0.39, 0.29) is 6.54 Å². The second-order valence-corrected chi connectivity index (χ2v) is 5.80. The van der Waals surface area contributed by atoms with Crippen LogP contribution in [0.4, 0.5) is 0 Å². The highest BCUT2D eigenvalue weighted by Crippen LogP contribution is 2.30. The summed E-state index contributed by atoms with van der Waals surface area (Å²) in [5.41, 5.74) is 9.87. The van der Waals surface area contributed by atoms with Crippen LogP contribution in [0.1, 0.15) is 17.2 Å². The van der Waals surface area contributed by atoms with Gasteiger partial charge in [0, 0.05) is 11.5 Å². The number of likely N-dealkylation sites (tertiary alicyclic amines) is 1. The second kappa shape index (κ2) is 7.58. The molecule has 1 aliphatic heterocycles. The molecule has 2 aromatic carbocycles. The van der Waals surface area contributed by atoms with Gasteiger partial charge in [0.05, 0.1) is 0 Å². The van der Waals surface area contributed by atoms with Crippen LogP contribution in [0.5, 0.6) is 5.75 Å². The van der Waals surface area contributed by atoms with Crippen molar-refractivity contribution in [1.29, 1.82) is 0 Å². The molecular weight excluding hydrogens is 336 g/mol. The smallest absolute Gasteiger partial charge is 0.331 e. The van der Waals surface area contributed by atoms with Crippen LogP contribution in [0.2, 0.25) is 0 Å². The number of hydrogen-bond acceptors (Lipinski definition) is 4. The molecule has 2 aromatic rings. The van der Waals surface area contributed by atoms with Crippen LogP contribution in [-0.4, -0.2) is 34.5 Å². The normalized spacial score (nSPS) is 17.0. The molecule has 1 fully saturated rings. The van der Waals surface area contributed by atoms with Crippen LogP contribution < -0.4 is 4.74 Å². The molecule has 0 spiro atoms. The maximum atomic E-state index is 12.0. The molecule has 26 heavy (non-hydrogen) atoms. The Morgan fingerprint density at radius 3 is 2.54 bits per heavy atom. The predicted octanol–water partition coefficient (Wildman–Crippen LogP) is 2.91. The van der Waals surface area contributed by atoms with Gasteiger partial charge in [-0.25, -0.2) is 4.79 Å². The van der Waals surface area contributed by atoms with E-state index in [0.29, 0.717) is 17.9 Å². The molecule has 0 aliphatic carbocycles. The summed E-state index contributed by atoms with van der Waals surface area (Å²) in [6, 6.07) is 14.3. The van der Waals surface area contributed by atoms with E-state index in [1.54, 1.807) is 24.3 Å². The molecule has 2 atom stereocenters. The number of carboxylic acid groups (broad SMARTS) is 1. The van der Waals surface area contributed by atoms with E-state index in [1.165, 1.54) is 4.90 Å². The first-order chi connectivity index (χ1) is 12.6. The largest absolute Gasteiger partial charge is 0.489 e. The first-order valence-corrected chi connectivity index (χ1v) is 7.94. The Morgan fingerprint density at radius 2 is 1.96 bits per heavy atom. The number of aliphatic carboxylic acids is 1. The number of azide groups is 1. The van der Waals surface area contributed by atoms with Gasteiger partial charge in [0.2, 0.25) is 5.91 Å². The van der Waals surface area contributed by atoms with Gasteiger partial charge in [0.25, 0.3) is 0 Å². The van der Waals surface area contributed by atoms with Crippen LogP contribution in [0.15, 0.2) is 59.7 Å². The summed E-state index contributed by atoms with van der Waals surface area (Å²) in [7, 11) is 0. The minimum absolute atomic E-state index is 0.0894. The second-order valence-electron chi connectivity index (χ2n) is 5.80. The lowest BCUT2D eigenvalue weighted by atomic mass is 9.98. The summed E-state index contributed by atoms with van der Waals surface area (Å²) in [6.45, 7) is 0.493. The number of ether oxygens (including phenoxy) is 1. The average Bonchev–Trinajstić information content (AvgIpc) is 2.66. The quantitative estimate of drug-likeness (QED) is 0.357. The predicted molar refractivity (Wildman–Crippen MR) is 92.2 cm³/mol. The van der Waals surface area contributed by atoms with Crippen LogP contribution >= 0.6 is 0 Å². The van der Waals surface area contributed by atoms with Gasteiger partial charge in [0.1, 0.15) is 18.4 Å². The summed E-state index contributed by atoms with van der Waals surface area (Å²) >= 11 is 0. The zero-order valence-electron chi connectivity index (χ0n) is 13.7. The molecule has 8 nitrogen and oxygen atoms in total. The molecule has 1 N–H and O–H groups in total. The Labute approximate surface area is 149 Å². The summed E-state index contributed by atoms with van der Waals surface area (Å²) in [4.78, 5) is 27.4. The number of carbonyl (C=O) groups excluding carboxylic acids is 1. The van der Waals surface area contributed by atoms with Gasteiger partial charge in [-0.2, -0.15) is 0 Å². The fraction of sp³-hybridized carbons (Fsp3) is 0.222. The lowest BCUT2D eigenvalue weighted by Gasteiger charge is -2.40. The molecule has 0 radical (unpaired) electrons. The number of nitrogens with zero attached hydrogens (tertiary/aromatic N) is 4. The van der Waals surface area contributed by atoms with Crippen LogP contribution in [0.3, 0.4) is 0 Å². The Bertz CT molecular complexity index is 847. The SMILES string of the molecule is [N-]=[N+]=NC1CN(C(C(=O)O)c2ccc(OCc3ccccc3)cc2)C1=O. The van der Waals surface area contributed by atoms with Crippen molar-refractivity contribution in [2.75, 3.05) is 6.54 Å². The lowest BCUT2D eigenvalue weighted by Crippen LogP contribution is -2.58. The molecule has 2 unspecified atom stereocenters. The van der Waals surface area contributed by atoms with Crippen LogP contribution in [0, 0.1) is 0 Å². The zero-order valence-corrected chi connectivity index (χ0v) is 13.7. The third kappa shape index (κ3) is 3.60. The number of amides is 1. The Hall–Kier alpha value is -3.51. The highest BCUT2D eigenvalue weighted by atomic mass is 16.5. The lowest BCUT2D eigenvalue weighted by molar-refractivity contribution is -0.158. The molecule has 1 heterocycles. The van der Waals surface area contributed by atoms with Crippen molar-refractivity contribution >= 4 is 11.9 Å². The average molecular weight is 352 g/mol. The number of carbonyl (C=O) groups is 2. The van der Waals surface area contributed by atoms with Crippen molar-refractivity contribution in [3.8, 4) is 5.75 Å². The molecule has 0 saturated carbocycles. The van der Waals surface area contributed by atoms with E-state index in [1.807, 2.05) is 30.3 Å². The highest BCUT2D eigenvalue weighted by molar-refractivity contribution is 5.92. The van der Waals surface area contributed by atoms with E-state index >= 15 is 0 Å². The van der Waals surface area contributed by atoms with Gasteiger partial charge in [-0.1, -0.05) is 47.6 Å². The van der Waals surface area contributed by atoms with Crippen molar-refractivity contribution in [2.24, 2.45) is 5.11 Å². The number of carboxylic acids is 1. The molecule has 8 heteroatoms. The molecular formula is C18H16N4O4. The van der Waals surface area contributed by atoms with Crippen LogP contribution in [0.25, 0.3) is 10.4 Å². The summed E-state index contributed by atoms with van der Waals surface area (Å²) in [5.74, 6) is -1.03. The van der Waals surface area contributed by atoms with Crippen molar-refractivity contribution in [2.45, 2.75) is 18.7 Å². The molecule has 1 amide bonds. The Balaban J connectivity index is 1.68. The van der Waals surface area contributed by atoms with Crippen molar-refractivity contribution < 1.29 is 19.4 Å². The minimum atomic E-state index is -1.14. The molecule has 0 bridgehead atoms. The zero-order chi connectivity index (χ0) is 18.5. The fourth-order valence-electron chi connectivity index (χ4n) is 2.76. The summed E-state index contributed by atoms with van der Waals surface area (Å²) in [6.07, 6.45) is 0. The standard InChI is InChI=1S/C18H16N4O4/c19-21-20-15-10-22(17(15)23)16(18(24)25)13-6-8-14(9-7-13)26-11-12-4-2-1-3-5-12/h1-9,15-16H,10-11H2,(H,24,25). The van der Waals surface area contributed by atoms with Gasteiger partial charge in [-0.05, 0) is 28.8 Å². The van der Waals surface area contributed by atoms with Gasteiger partial charge in [-0.15, -0.1) is 0 Å². The minimum Gasteiger partial charge on any atom is -0.489 e. The molecule has 1 aliphatic rings. The van der Waals surface area contributed by atoms with Crippen LogP contribution in [-0.2, 0) is 16.2 Å². The fourth-order valence-corrected chi connectivity index (χ4v) is 2.76. The maximum absolute atomic E-state index is 12.0. The van der Waals surface area contributed by atoms with E-state index < -0.39 is 24.0 Å². The number of β-lactam (4-membered cyclic amide) rings is 1. The number of rotatable bonds is 7. The number of benzene rings is 2. The third-order valence-corrected chi connectivity index (χ3v) is 4.12. The third-order valence-electron chi connectivity index (χ3n) is 4.12. The van der Waals surface area contributed by atoms with Gasteiger partial charge in [0.15, 0.2) is 6.04 Å². The van der Waals surface area contributed by atoms with Gasteiger partial charge < -0.3 is 14.7 Å². The van der Waals surface area contributed by atoms with Crippen molar-refractivity contribution in [3.63, 3.8) is 0 Å². The van der Waals surface area contributed by atoms with Gasteiger partial charge >= 0.3 is 5.97 Å². The van der Waals surface area contributed by atoms with E-state index in [9.17, 15) is 14.7 Å². The van der Waals surface area contributed by atoms with Crippen molar-refractivity contribution in [3.05, 3.63) is 76.2 Å². The molecule has 0 aromatic heterocycles. The maximum Gasteiger partial charge on any atom is 0.331 e. The molecule has 3 rings (SSSR count). The first-order valence-electron chi connectivity index (χ1n) is 7.94. The highest BCUT2D eigenvalue weighted by Gasteiger charge is 2.43. The Morgan fingerprint density at radius 1 is 1.27 bits per heavy atom. The monoisotopic (exact) mass is 352 g/mol. The van der Waals surface area contributed by atoms with E-state index in [2.05, 4.69) is 10.0 Å². The number of hydrogen-bond donors (Lipinski definition) is 1. The molecule has 132 valence electrons. The first kappa shape index (κ1) is 17.3. The van der Waals surface area contributed by atoms with Crippen molar-refractivity contribution in [1.82, 2.24) is 4.90 Å². The summed E-state index contributed by atoms with van der Waals surface area (Å²) < 4.78 is 5.68. The Kier molecular flexibility index (Phi) is 5.05. The topological polar surface area (TPSA) is 116 Å². The van der Waals surface area contributed by atoms with E-state index in [4.69, 9.17) is 10.3 Å². The summed E-state index contributed by atoms with van der Waals surface area (Å²) in [5, 5.41) is 12.8. The van der Waals surface area contributed by atoms with Gasteiger partial charge in [-0.3, -0.25) is 4.79 Å².